The van der Waals surface area contributed by atoms with Crippen LogP contribution in [0.2, 0.25) is 5.02 Å². The van der Waals surface area contributed by atoms with Crippen LogP contribution in [0.25, 0.3) is 0 Å². The summed E-state index contributed by atoms with van der Waals surface area (Å²) in [5, 5.41) is 0.388. The van der Waals surface area contributed by atoms with E-state index in [0.29, 0.717) is 16.1 Å². The lowest BCUT2D eigenvalue weighted by Gasteiger charge is -2.11. The van der Waals surface area contributed by atoms with Gasteiger partial charge in [-0.05, 0) is 36.6 Å². The number of halogens is 2. The zero-order valence-electron chi connectivity index (χ0n) is 8.76. The molecule has 1 aromatic carbocycles. The first-order valence-electron chi connectivity index (χ1n) is 4.66. The minimum absolute atomic E-state index is 0.138. The van der Waals surface area contributed by atoms with Gasteiger partial charge in [0.25, 0.3) is 5.91 Å². The summed E-state index contributed by atoms with van der Waals surface area (Å²) in [4.78, 5) is 11.1. The van der Waals surface area contributed by atoms with E-state index in [0.717, 1.165) is 0 Å². The molecule has 6 heteroatoms. The number of carbonyl (C=O) groups excluding carboxylic acids is 1. The summed E-state index contributed by atoms with van der Waals surface area (Å²) < 4.78 is 13.3. The number of carbonyl (C=O) groups is 1. The molecule has 0 spiro atoms. The van der Waals surface area contributed by atoms with Crippen LogP contribution in [0.15, 0.2) is 12.1 Å². The summed E-state index contributed by atoms with van der Waals surface area (Å²) in [7, 11) is 0. The van der Waals surface area contributed by atoms with Crippen molar-refractivity contribution in [2.45, 2.75) is 19.4 Å². The normalized spacial score (nSPS) is 12.3. The highest BCUT2D eigenvalue weighted by atomic mass is 35.5. The summed E-state index contributed by atoms with van der Waals surface area (Å²) in [6.45, 7) is 1.61. The second-order valence-electron chi connectivity index (χ2n) is 3.51. The Balaban J connectivity index is 2.89. The standard InChI is InChI=1S/C10H13ClFN3O/c1-5-2-7(11)6(3-8(5)12)4-9(13)10(16)15-14/h2-3,9H,4,13-14H2,1H3,(H,15,16). The number of hydrazine groups is 1. The van der Waals surface area contributed by atoms with Gasteiger partial charge in [-0.2, -0.15) is 0 Å². The lowest BCUT2D eigenvalue weighted by Crippen LogP contribution is -2.45. The predicted octanol–water partition coefficient (Wildman–Crippen LogP) is 0.647. The van der Waals surface area contributed by atoms with Crippen LogP contribution in [-0.2, 0) is 11.2 Å². The average Bonchev–Trinajstić information content (AvgIpc) is 2.24. The summed E-state index contributed by atoms with van der Waals surface area (Å²) in [6, 6.07) is 1.94. The van der Waals surface area contributed by atoms with Crippen LogP contribution in [0, 0.1) is 12.7 Å². The van der Waals surface area contributed by atoms with Crippen molar-refractivity contribution in [3.05, 3.63) is 34.1 Å². The number of aryl methyl sites for hydroxylation is 1. The molecule has 1 aromatic rings. The molecule has 0 aliphatic heterocycles. The largest absolute Gasteiger partial charge is 0.320 e. The molecule has 1 rings (SSSR count). The van der Waals surface area contributed by atoms with E-state index in [9.17, 15) is 9.18 Å². The van der Waals surface area contributed by atoms with Gasteiger partial charge in [-0.3, -0.25) is 10.2 Å². The zero-order valence-corrected chi connectivity index (χ0v) is 9.51. The fourth-order valence-corrected chi connectivity index (χ4v) is 1.58. The number of nitrogens with two attached hydrogens (primary N) is 2. The number of amides is 1. The molecule has 88 valence electrons. The molecule has 1 atom stereocenters. The molecule has 4 nitrogen and oxygen atoms in total. The van der Waals surface area contributed by atoms with Gasteiger partial charge < -0.3 is 5.73 Å². The Kier molecular flexibility index (Phi) is 4.23. The second kappa shape index (κ2) is 5.25. The van der Waals surface area contributed by atoms with Crippen molar-refractivity contribution in [1.29, 1.82) is 0 Å². The van der Waals surface area contributed by atoms with Gasteiger partial charge >= 0.3 is 0 Å². The van der Waals surface area contributed by atoms with E-state index in [1.54, 1.807) is 6.92 Å². The third-order valence-electron chi connectivity index (χ3n) is 2.25. The Morgan fingerprint density at radius 3 is 2.81 bits per heavy atom. The van der Waals surface area contributed by atoms with E-state index in [1.807, 2.05) is 5.43 Å². The van der Waals surface area contributed by atoms with Crippen molar-refractivity contribution >= 4 is 17.5 Å². The van der Waals surface area contributed by atoms with Crippen LogP contribution in [0.5, 0.6) is 0 Å². The van der Waals surface area contributed by atoms with Crippen molar-refractivity contribution in [3.63, 3.8) is 0 Å². The van der Waals surface area contributed by atoms with Crippen molar-refractivity contribution < 1.29 is 9.18 Å². The first kappa shape index (κ1) is 12.9. The Hall–Kier alpha value is -1.17. The minimum Gasteiger partial charge on any atom is -0.320 e. The molecule has 0 aromatic heterocycles. The van der Waals surface area contributed by atoms with Crippen molar-refractivity contribution in [1.82, 2.24) is 5.43 Å². The maximum absolute atomic E-state index is 13.3. The van der Waals surface area contributed by atoms with Gasteiger partial charge in [0.1, 0.15) is 5.82 Å². The van der Waals surface area contributed by atoms with E-state index in [-0.39, 0.29) is 12.2 Å². The lowest BCUT2D eigenvalue weighted by molar-refractivity contribution is -0.122. The molecule has 0 bridgehead atoms. The smallest absolute Gasteiger partial charge is 0.251 e. The maximum Gasteiger partial charge on any atom is 0.251 e. The van der Waals surface area contributed by atoms with Crippen LogP contribution in [-0.4, -0.2) is 11.9 Å². The number of rotatable bonds is 3. The molecule has 0 radical (unpaired) electrons. The predicted molar refractivity (Wildman–Crippen MR) is 60.2 cm³/mol. The van der Waals surface area contributed by atoms with Crippen LogP contribution >= 0.6 is 11.6 Å². The monoisotopic (exact) mass is 245 g/mol. The molecule has 16 heavy (non-hydrogen) atoms. The summed E-state index contributed by atoms with van der Waals surface area (Å²) in [5.41, 5.74) is 8.41. The highest BCUT2D eigenvalue weighted by Crippen LogP contribution is 2.21. The highest BCUT2D eigenvalue weighted by molar-refractivity contribution is 6.31. The van der Waals surface area contributed by atoms with Gasteiger partial charge in [-0.25, -0.2) is 10.2 Å². The van der Waals surface area contributed by atoms with Gasteiger partial charge in [-0.1, -0.05) is 11.6 Å². The fourth-order valence-electron chi connectivity index (χ4n) is 1.28. The first-order chi connectivity index (χ1) is 7.45. The van der Waals surface area contributed by atoms with Gasteiger partial charge in [0.05, 0.1) is 6.04 Å². The van der Waals surface area contributed by atoms with Crippen LogP contribution < -0.4 is 17.0 Å². The van der Waals surface area contributed by atoms with Crippen molar-refractivity contribution in [2.24, 2.45) is 11.6 Å². The fraction of sp³-hybridized carbons (Fsp3) is 0.300. The van der Waals surface area contributed by atoms with Gasteiger partial charge in [-0.15, -0.1) is 0 Å². The number of nitrogens with one attached hydrogen (secondary N) is 1. The molecule has 0 aliphatic rings. The molecule has 5 N–H and O–H groups in total. The van der Waals surface area contributed by atoms with Crippen LogP contribution in [0.3, 0.4) is 0 Å². The maximum atomic E-state index is 13.3. The molecule has 1 unspecified atom stereocenters. The molecule has 0 saturated carbocycles. The highest BCUT2D eigenvalue weighted by Gasteiger charge is 2.15. The average molecular weight is 246 g/mol. The summed E-state index contributed by atoms with van der Waals surface area (Å²) in [6.07, 6.45) is 0.138. The Morgan fingerprint density at radius 1 is 1.62 bits per heavy atom. The number of hydrogen-bond acceptors (Lipinski definition) is 3. The van der Waals surface area contributed by atoms with Gasteiger partial charge in [0.2, 0.25) is 0 Å². The Labute approximate surface area is 97.7 Å². The molecular formula is C10H13ClFN3O. The van der Waals surface area contributed by atoms with E-state index in [2.05, 4.69) is 0 Å². The third-order valence-corrected chi connectivity index (χ3v) is 2.60. The molecule has 0 saturated heterocycles. The van der Waals surface area contributed by atoms with E-state index >= 15 is 0 Å². The molecule has 1 amide bonds. The number of hydrogen-bond donors (Lipinski definition) is 3. The Bertz CT molecular complexity index is 411. The van der Waals surface area contributed by atoms with E-state index in [4.69, 9.17) is 23.2 Å². The van der Waals surface area contributed by atoms with Gasteiger partial charge in [0, 0.05) is 5.02 Å². The molecule has 0 aliphatic carbocycles. The van der Waals surface area contributed by atoms with E-state index in [1.165, 1.54) is 12.1 Å². The second-order valence-corrected chi connectivity index (χ2v) is 3.92. The SMILES string of the molecule is Cc1cc(Cl)c(CC(N)C(=O)NN)cc1F. The zero-order chi connectivity index (χ0) is 12.3. The Morgan fingerprint density at radius 2 is 2.25 bits per heavy atom. The summed E-state index contributed by atoms with van der Waals surface area (Å²) in [5.74, 6) is 4.04. The van der Waals surface area contributed by atoms with E-state index < -0.39 is 11.9 Å². The minimum atomic E-state index is -0.843. The van der Waals surface area contributed by atoms with Gasteiger partial charge in [0.15, 0.2) is 0 Å². The quantitative estimate of drug-likeness (QED) is 0.415. The van der Waals surface area contributed by atoms with Crippen molar-refractivity contribution in [2.75, 3.05) is 0 Å². The number of benzene rings is 1. The molecular weight excluding hydrogens is 233 g/mol. The summed E-state index contributed by atoms with van der Waals surface area (Å²) >= 11 is 5.91. The van der Waals surface area contributed by atoms with Crippen LogP contribution in [0.1, 0.15) is 11.1 Å². The lowest BCUT2D eigenvalue weighted by atomic mass is 10.0. The van der Waals surface area contributed by atoms with Crippen LogP contribution in [0.4, 0.5) is 4.39 Å². The molecule has 0 heterocycles. The third kappa shape index (κ3) is 2.91. The van der Waals surface area contributed by atoms with Crippen molar-refractivity contribution in [3.8, 4) is 0 Å². The topological polar surface area (TPSA) is 81.1 Å². The molecule has 0 fully saturated rings. The first-order valence-corrected chi connectivity index (χ1v) is 5.04.